The fourth-order valence-corrected chi connectivity index (χ4v) is 3.37. The summed E-state index contributed by atoms with van der Waals surface area (Å²) in [5, 5.41) is 10.9. The number of hydrogen-bond donors (Lipinski definition) is 1. The van der Waals surface area contributed by atoms with Crippen LogP contribution in [0.25, 0.3) is 11.5 Å². The maximum absolute atomic E-state index is 14.0. The van der Waals surface area contributed by atoms with Gasteiger partial charge in [0.05, 0.1) is 16.6 Å². The van der Waals surface area contributed by atoms with Gasteiger partial charge in [-0.1, -0.05) is 13.0 Å². The van der Waals surface area contributed by atoms with E-state index in [1.165, 1.54) is 12.1 Å². The summed E-state index contributed by atoms with van der Waals surface area (Å²) in [6.07, 6.45) is 2.37. The fourth-order valence-electron chi connectivity index (χ4n) is 3.02. The topological polar surface area (TPSA) is 81.9 Å². The lowest BCUT2D eigenvalue weighted by molar-refractivity contribution is 0.102. The number of ether oxygens (including phenoxy) is 1. The van der Waals surface area contributed by atoms with E-state index in [1.54, 1.807) is 18.5 Å². The summed E-state index contributed by atoms with van der Waals surface area (Å²) in [6, 6.07) is 7.91. The fraction of sp³-hybridized carbons (Fsp3) is 0.263. The zero-order valence-electron chi connectivity index (χ0n) is 15.0. The lowest BCUT2D eigenvalue weighted by Gasteiger charge is -2.17. The maximum Gasteiger partial charge on any atom is 0.260 e. The van der Waals surface area contributed by atoms with Gasteiger partial charge in [0.15, 0.2) is 5.82 Å². The van der Waals surface area contributed by atoms with Gasteiger partial charge in [-0.05, 0) is 46.5 Å². The molecule has 1 atom stereocenters. The molecule has 1 amide bonds. The van der Waals surface area contributed by atoms with E-state index in [-0.39, 0.29) is 21.7 Å². The molecule has 9 heteroatoms. The zero-order chi connectivity index (χ0) is 19.7. The van der Waals surface area contributed by atoms with Crippen LogP contribution in [0.5, 0.6) is 5.75 Å². The Balaban J connectivity index is 1.78. The second-order valence-electron chi connectivity index (χ2n) is 6.67. The Labute approximate surface area is 169 Å². The van der Waals surface area contributed by atoms with Gasteiger partial charge in [0, 0.05) is 12.6 Å². The van der Waals surface area contributed by atoms with Crippen LogP contribution in [0.15, 0.2) is 41.1 Å². The molecule has 0 saturated carbocycles. The van der Waals surface area contributed by atoms with E-state index in [0.29, 0.717) is 36.9 Å². The van der Waals surface area contributed by atoms with Crippen molar-refractivity contribution in [2.45, 2.75) is 19.9 Å². The van der Waals surface area contributed by atoms with Crippen LogP contribution >= 0.6 is 15.9 Å². The van der Waals surface area contributed by atoms with Crippen molar-refractivity contribution in [2.75, 3.05) is 11.9 Å². The Morgan fingerprint density at radius 1 is 1.36 bits per heavy atom. The van der Waals surface area contributed by atoms with Crippen molar-refractivity contribution in [3.8, 4) is 17.3 Å². The van der Waals surface area contributed by atoms with Crippen LogP contribution in [-0.2, 0) is 6.54 Å². The molecule has 2 aromatic heterocycles. The third-order valence-corrected chi connectivity index (χ3v) is 5.09. The minimum Gasteiger partial charge on any atom is -0.493 e. The summed E-state index contributed by atoms with van der Waals surface area (Å²) in [5.41, 5.74) is 0.838. The Morgan fingerprint density at radius 2 is 2.21 bits per heavy atom. The first-order chi connectivity index (χ1) is 13.5. The molecule has 144 valence electrons. The molecule has 7 nitrogen and oxygen atoms in total. The highest BCUT2D eigenvalue weighted by Gasteiger charge is 2.19. The highest BCUT2D eigenvalue weighted by Crippen LogP contribution is 2.28. The number of aromatic nitrogens is 4. The van der Waals surface area contributed by atoms with Gasteiger partial charge in [0.25, 0.3) is 5.91 Å². The molecule has 3 aromatic rings. The first-order valence-electron chi connectivity index (χ1n) is 8.79. The molecule has 1 aliphatic rings. The first-order valence-corrected chi connectivity index (χ1v) is 9.59. The van der Waals surface area contributed by atoms with Gasteiger partial charge in [-0.25, -0.2) is 9.37 Å². The maximum atomic E-state index is 14.0. The molecule has 0 aliphatic carbocycles. The third kappa shape index (κ3) is 3.75. The van der Waals surface area contributed by atoms with Crippen molar-refractivity contribution in [3.05, 3.63) is 52.5 Å². The van der Waals surface area contributed by atoms with Crippen LogP contribution < -0.4 is 10.1 Å². The Bertz CT molecular complexity index is 1040. The average Bonchev–Trinajstić information content (AvgIpc) is 3.12. The molecule has 0 radical (unpaired) electrons. The highest BCUT2D eigenvalue weighted by atomic mass is 79.9. The monoisotopic (exact) mass is 445 g/mol. The molecule has 0 saturated heterocycles. The predicted octanol–water partition coefficient (Wildman–Crippen LogP) is 3.91. The number of halogens is 2. The van der Waals surface area contributed by atoms with Crippen molar-refractivity contribution in [1.29, 1.82) is 0 Å². The minimum absolute atomic E-state index is 0.189. The summed E-state index contributed by atoms with van der Waals surface area (Å²) in [6.45, 7) is 3.12. The number of fused-ring (bicyclic) bond motifs is 5. The van der Waals surface area contributed by atoms with Gasteiger partial charge in [-0.2, -0.15) is 0 Å². The van der Waals surface area contributed by atoms with Crippen molar-refractivity contribution < 1.29 is 13.9 Å². The summed E-state index contributed by atoms with van der Waals surface area (Å²) in [5.74, 6) is 0.503. The van der Waals surface area contributed by atoms with Crippen LogP contribution in [-0.4, -0.2) is 32.3 Å². The zero-order valence-corrected chi connectivity index (χ0v) is 16.6. The quantitative estimate of drug-likeness (QED) is 0.567. The van der Waals surface area contributed by atoms with E-state index in [1.807, 2.05) is 10.6 Å². The molecule has 0 spiro atoms. The molecular weight excluding hydrogens is 429 g/mol. The minimum atomic E-state index is -0.491. The summed E-state index contributed by atoms with van der Waals surface area (Å²) >= 11 is 3.13. The number of pyridine rings is 1. The molecule has 2 bridgehead atoms. The number of benzene rings is 1. The largest absolute Gasteiger partial charge is 0.493 e. The molecule has 1 N–H and O–H groups in total. The number of anilines is 1. The predicted molar refractivity (Wildman–Crippen MR) is 105 cm³/mol. The molecule has 4 rings (SSSR count). The lowest BCUT2D eigenvalue weighted by atomic mass is 10.1. The van der Waals surface area contributed by atoms with Gasteiger partial charge in [0.2, 0.25) is 0 Å². The van der Waals surface area contributed by atoms with Crippen molar-refractivity contribution in [3.63, 3.8) is 0 Å². The molecule has 0 unspecified atom stereocenters. The van der Waals surface area contributed by atoms with Gasteiger partial charge in [-0.15, -0.1) is 10.2 Å². The van der Waals surface area contributed by atoms with Crippen LogP contribution in [0.3, 0.4) is 0 Å². The number of nitrogens with zero attached hydrogens (tertiary/aromatic N) is 4. The van der Waals surface area contributed by atoms with E-state index in [4.69, 9.17) is 4.74 Å². The van der Waals surface area contributed by atoms with E-state index in [2.05, 4.69) is 43.4 Å². The third-order valence-electron chi connectivity index (χ3n) is 4.48. The van der Waals surface area contributed by atoms with Gasteiger partial charge in [0.1, 0.15) is 29.4 Å². The molecule has 3 heterocycles. The normalized spacial score (nSPS) is 17.0. The van der Waals surface area contributed by atoms with Crippen molar-refractivity contribution >= 4 is 27.7 Å². The average molecular weight is 446 g/mol. The standard InChI is InChI=1S/C19H17BrFN5O2/c1-11-5-6-28-16-8-14(21)13(20)7-12(16)19(27)24-17-4-2-3-15(23-17)18-25-22-10-26(18)9-11/h2-4,7-8,10-11H,5-6,9H2,1H3,(H,23,24,27)/t11-/m0/s1. The van der Waals surface area contributed by atoms with Crippen LogP contribution in [0.2, 0.25) is 0 Å². The molecule has 1 aromatic carbocycles. The summed E-state index contributed by atoms with van der Waals surface area (Å²) < 4.78 is 21.9. The Morgan fingerprint density at radius 3 is 3.07 bits per heavy atom. The first kappa shape index (κ1) is 18.5. The number of amides is 1. The van der Waals surface area contributed by atoms with E-state index in [9.17, 15) is 9.18 Å². The molecular formula is C19H17BrFN5O2. The van der Waals surface area contributed by atoms with Crippen LogP contribution in [0.1, 0.15) is 23.7 Å². The summed E-state index contributed by atoms with van der Waals surface area (Å²) in [4.78, 5) is 17.3. The second kappa shape index (κ2) is 7.67. The molecule has 0 fully saturated rings. The van der Waals surface area contributed by atoms with Gasteiger partial charge in [-0.3, -0.25) is 4.79 Å². The Hall–Kier alpha value is -2.81. The number of carbonyl (C=O) groups excluding carboxylic acids is 1. The van der Waals surface area contributed by atoms with E-state index in [0.717, 1.165) is 0 Å². The van der Waals surface area contributed by atoms with E-state index < -0.39 is 11.7 Å². The number of rotatable bonds is 0. The summed E-state index contributed by atoms with van der Waals surface area (Å²) in [7, 11) is 0. The Kier molecular flexibility index (Phi) is 5.08. The number of hydrogen-bond acceptors (Lipinski definition) is 5. The highest BCUT2D eigenvalue weighted by molar-refractivity contribution is 9.10. The second-order valence-corrected chi connectivity index (χ2v) is 7.53. The number of carbonyl (C=O) groups is 1. The van der Waals surface area contributed by atoms with E-state index >= 15 is 0 Å². The lowest BCUT2D eigenvalue weighted by Crippen LogP contribution is -2.17. The van der Waals surface area contributed by atoms with Crippen molar-refractivity contribution in [1.82, 2.24) is 19.7 Å². The molecule has 28 heavy (non-hydrogen) atoms. The molecule has 1 aliphatic heterocycles. The van der Waals surface area contributed by atoms with Crippen molar-refractivity contribution in [2.24, 2.45) is 5.92 Å². The van der Waals surface area contributed by atoms with Crippen LogP contribution in [0.4, 0.5) is 10.2 Å². The van der Waals surface area contributed by atoms with Gasteiger partial charge < -0.3 is 14.6 Å². The van der Waals surface area contributed by atoms with Crippen LogP contribution in [0, 0.1) is 11.7 Å². The number of nitrogens with one attached hydrogen (secondary N) is 1. The van der Waals surface area contributed by atoms with Gasteiger partial charge >= 0.3 is 0 Å². The SMILES string of the molecule is C[C@H]1CCOc2cc(F)c(Br)cc2C(=O)Nc2cccc(n2)-c2nncn2C1. The smallest absolute Gasteiger partial charge is 0.260 e.